The number of halogens is 2. The van der Waals surface area contributed by atoms with Gasteiger partial charge in [-0.15, -0.1) is 0 Å². The molecule has 3 N–H and O–H groups in total. The molecule has 2 aromatic carbocycles. The second-order valence-corrected chi connectivity index (χ2v) is 13.0. The van der Waals surface area contributed by atoms with Crippen LogP contribution in [0.15, 0.2) is 42.5 Å². The minimum absolute atomic E-state index is 0.00743. The fraction of sp³-hybridized carbons (Fsp3) is 0.588. The number of carbonyl (C=O) groups is 2. The number of hydrogen-bond donors (Lipinski definition) is 3. The van der Waals surface area contributed by atoms with Crippen LogP contribution in [0.5, 0.6) is 0 Å². The molecule has 1 amide bonds. The summed E-state index contributed by atoms with van der Waals surface area (Å²) >= 11 is 0. The predicted molar refractivity (Wildman–Crippen MR) is 161 cm³/mol. The zero-order valence-corrected chi connectivity index (χ0v) is 25.8. The summed E-state index contributed by atoms with van der Waals surface area (Å²) in [5.74, 6) is -2.15. The highest BCUT2D eigenvalue weighted by atomic mass is 19.1. The SMILES string of the molecule is CC(C)OC(=O)CCCC(=O)NC(Cc1cc(F)cc(F)c1)C(O)CNC1(c2cccc(C(C)(C)C)c2)CCCCC1. The number of ether oxygens (including phenoxy) is 1. The zero-order valence-electron chi connectivity index (χ0n) is 25.8. The molecule has 0 bridgehead atoms. The second kappa shape index (κ2) is 15.1. The van der Waals surface area contributed by atoms with Crippen LogP contribution < -0.4 is 10.6 Å². The zero-order chi connectivity index (χ0) is 30.9. The number of aliphatic hydroxyl groups is 1. The molecule has 1 aliphatic carbocycles. The maximum Gasteiger partial charge on any atom is 0.306 e. The number of benzene rings is 2. The molecular formula is C34H48F2N2O4. The molecule has 0 aromatic heterocycles. The van der Waals surface area contributed by atoms with Gasteiger partial charge in [-0.1, -0.05) is 64.3 Å². The van der Waals surface area contributed by atoms with Gasteiger partial charge < -0.3 is 20.5 Å². The first kappa shape index (κ1) is 33.7. The first-order valence-electron chi connectivity index (χ1n) is 15.3. The van der Waals surface area contributed by atoms with Crippen molar-refractivity contribution in [1.82, 2.24) is 10.6 Å². The van der Waals surface area contributed by atoms with Crippen LogP contribution in [0.2, 0.25) is 0 Å². The molecule has 0 aliphatic heterocycles. The number of rotatable bonds is 13. The molecule has 3 rings (SSSR count). The van der Waals surface area contributed by atoms with Crippen molar-refractivity contribution in [2.24, 2.45) is 0 Å². The average Bonchev–Trinajstić information content (AvgIpc) is 2.90. The molecule has 2 aromatic rings. The van der Waals surface area contributed by atoms with Crippen LogP contribution in [0.25, 0.3) is 0 Å². The van der Waals surface area contributed by atoms with Crippen molar-refractivity contribution >= 4 is 11.9 Å². The molecule has 1 saturated carbocycles. The average molecular weight is 587 g/mol. The van der Waals surface area contributed by atoms with Gasteiger partial charge in [0.25, 0.3) is 0 Å². The van der Waals surface area contributed by atoms with Gasteiger partial charge >= 0.3 is 5.97 Å². The third kappa shape index (κ3) is 10.2. The van der Waals surface area contributed by atoms with Crippen molar-refractivity contribution in [3.05, 3.63) is 70.8 Å². The van der Waals surface area contributed by atoms with Crippen molar-refractivity contribution in [1.29, 1.82) is 0 Å². The van der Waals surface area contributed by atoms with E-state index in [0.717, 1.165) is 38.2 Å². The molecule has 0 heterocycles. The standard InChI is InChI=1S/C34H48F2N2O4/c1-23(2)42-32(41)14-10-13-31(40)38-29(19-24-17-27(35)21-28(36)18-24)30(39)22-37-34(15-7-6-8-16-34)26-12-9-11-25(20-26)33(3,4)5/h9,11-12,17-18,20-21,23,29-30,37,39H,6-8,10,13-16,19,22H2,1-5H3,(H,38,40). The Morgan fingerprint density at radius 3 is 2.29 bits per heavy atom. The molecule has 1 aliphatic rings. The maximum absolute atomic E-state index is 14.0. The Bertz CT molecular complexity index is 1170. The highest BCUT2D eigenvalue weighted by molar-refractivity contribution is 5.77. The molecule has 8 heteroatoms. The largest absolute Gasteiger partial charge is 0.463 e. The fourth-order valence-corrected chi connectivity index (χ4v) is 5.71. The minimum Gasteiger partial charge on any atom is -0.463 e. The fourth-order valence-electron chi connectivity index (χ4n) is 5.71. The molecule has 0 saturated heterocycles. The van der Waals surface area contributed by atoms with Gasteiger partial charge in [-0.25, -0.2) is 8.78 Å². The summed E-state index contributed by atoms with van der Waals surface area (Å²) in [6, 6.07) is 11.0. The van der Waals surface area contributed by atoms with Gasteiger partial charge in [0, 0.05) is 31.0 Å². The summed E-state index contributed by atoms with van der Waals surface area (Å²) in [4.78, 5) is 24.7. The minimum atomic E-state index is -1.03. The topological polar surface area (TPSA) is 87.7 Å². The van der Waals surface area contributed by atoms with Gasteiger partial charge in [0.05, 0.1) is 18.2 Å². The smallest absolute Gasteiger partial charge is 0.306 e. The summed E-state index contributed by atoms with van der Waals surface area (Å²) in [6.45, 7) is 10.3. The quantitative estimate of drug-likeness (QED) is 0.243. The van der Waals surface area contributed by atoms with Crippen molar-refractivity contribution in [3.63, 3.8) is 0 Å². The van der Waals surface area contributed by atoms with E-state index in [4.69, 9.17) is 4.74 Å². The molecule has 0 radical (unpaired) electrons. The van der Waals surface area contributed by atoms with Crippen molar-refractivity contribution in [2.45, 2.75) is 122 Å². The van der Waals surface area contributed by atoms with Crippen LogP contribution in [-0.2, 0) is 31.7 Å². The van der Waals surface area contributed by atoms with Crippen molar-refractivity contribution < 1.29 is 28.2 Å². The van der Waals surface area contributed by atoms with E-state index < -0.39 is 23.8 Å². The van der Waals surface area contributed by atoms with Gasteiger partial charge in [-0.05, 0) is 73.8 Å². The van der Waals surface area contributed by atoms with Crippen LogP contribution in [0.1, 0.15) is 103 Å². The van der Waals surface area contributed by atoms with Gasteiger partial charge in [0.15, 0.2) is 0 Å². The Hall–Kier alpha value is -2.84. The highest BCUT2D eigenvalue weighted by Gasteiger charge is 2.35. The Labute approximate surface area is 249 Å². The van der Waals surface area contributed by atoms with Crippen LogP contribution in [0, 0.1) is 11.6 Å². The lowest BCUT2D eigenvalue weighted by atomic mass is 9.74. The van der Waals surface area contributed by atoms with E-state index in [2.05, 4.69) is 55.7 Å². The Balaban J connectivity index is 1.76. The van der Waals surface area contributed by atoms with Crippen molar-refractivity contribution in [3.8, 4) is 0 Å². The lowest BCUT2D eigenvalue weighted by Crippen LogP contribution is -2.53. The molecule has 2 unspecified atom stereocenters. The lowest BCUT2D eigenvalue weighted by Gasteiger charge is -2.41. The molecule has 232 valence electrons. The Kier molecular flexibility index (Phi) is 12.1. The third-order valence-electron chi connectivity index (χ3n) is 7.98. The van der Waals surface area contributed by atoms with E-state index in [1.165, 1.54) is 23.3 Å². The highest BCUT2D eigenvalue weighted by Crippen LogP contribution is 2.38. The van der Waals surface area contributed by atoms with Crippen LogP contribution in [0.3, 0.4) is 0 Å². The number of esters is 1. The molecule has 42 heavy (non-hydrogen) atoms. The van der Waals surface area contributed by atoms with Gasteiger partial charge in [-0.3, -0.25) is 9.59 Å². The van der Waals surface area contributed by atoms with E-state index in [-0.39, 0.29) is 54.7 Å². The first-order chi connectivity index (χ1) is 19.8. The molecule has 1 fully saturated rings. The molecule has 2 atom stereocenters. The van der Waals surface area contributed by atoms with Gasteiger partial charge in [0.2, 0.25) is 5.91 Å². The van der Waals surface area contributed by atoms with E-state index in [0.29, 0.717) is 12.0 Å². The summed E-state index contributed by atoms with van der Waals surface area (Å²) in [5.41, 5.74) is 2.43. The predicted octanol–water partition coefficient (Wildman–Crippen LogP) is 6.22. The summed E-state index contributed by atoms with van der Waals surface area (Å²) in [5, 5.41) is 17.9. The molecule has 6 nitrogen and oxygen atoms in total. The molecule has 0 spiro atoms. The van der Waals surface area contributed by atoms with Gasteiger partial charge in [0.1, 0.15) is 11.6 Å². The number of amides is 1. The van der Waals surface area contributed by atoms with Crippen molar-refractivity contribution in [2.75, 3.05) is 6.54 Å². The maximum atomic E-state index is 14.0. The normalized spacial score (nSPS) is 16.6. The number of hydrogen-bond acceptors (Lipinski definition) is 5. The van der Waals surface area contributed by atoms with E-state index in [1.54, 1.807) is 13.8 Å². The van der Waals surface area contributed by atoms with Crippen LogP contribution in [-0.4, -0.2) is 41.8 Å². The van der Waals surface area contributed by atoms with Crippen LogP contribution >= 0.6 is 0 Å². The Morgan fingerprint density at radius 1 is 1.00 bits per heavy atom. The third-order valence-corrected chi connectivity index (χ3v) is 7.98. The van der Waals surface area contributed by atoms with E-state index >= 15 is 0 Å². The van der Waals surface area contributed by atoms with Gasteiger partial charge in [-0.2, -0.15) is 0 Å². The van der Waals surface area contributed by atoms with E-state index in [9.17, 15) is 23.5 Å². The summed E-state index contributed by atoms with van der Waals surface area (Å²) < 4.78 is 33.1. The number of carbonyl (C=O) groups excluding carboxylic acids is 2. The molecular weight excluding hydrogens is 538 g/mol. The lowest BCUT2D eigenvalue weighted by molar-refractivity contribution is -0.147. The van der Waals surface area contributed by atoms with E-state index in [1.807, 2.05) is 0 Å². The Morgan fingerprint density at radius 2 is 1.67 bits per heavy atom. The number of aliphatic hydroxyl groups excluding tert-OH is 1. The summed E-state index contributed by atoms with van der Waals surface area (Å²) in [6.07, 6.45) is 4.36. The van der Waals surface area contributed by atoms with Crippen LogP contribution in [0.4, 0.5) is 8.78 Å². The monoisotopic (exact) mass is 586 g/mol. The number of nitrogens with one attached hydrogen (secondary N) is 2. The second-order valence-electron chi connectivity index (χ2n) is 13.0. The first-order valence-corrected chi connectivity index (χ1v) is 15.3. The summed E-state index contributed by atoms with van der Waals surface area (Å²) in [7, 11) is 0.